The van der Waals surface area contributed by atoms with Crippen molar-refractivity contribution in [3.8, 4) is 0 Å². The van der Waals surface area contributed by atoms with Crippen LogP contribution in [0.3, 0.4) is 0 Å². The maximum absolute atomic E-state index is 9.11. The van der Waals surface area contributed by atoms with Crippen LogP contribution in [0.25, 0.3) is 5.73 Å². The smallest absolute Gasteiger partial charge is 0.0456 e. The molecule has 0 bridgehead atoms. The van der Waals surface area contributed by atoms with E-state index in [1.165, 1.54) is 6.92 Å². The quantitative estimate of drug-likeness (QED) is 0.448. The molecule has 3 heteroatoms. The van der Waals surface area contributed by atoms with Gasteiger partial charge >= 0.3 is 0 Å². The molecule has 1 aromatic carbocycles. The molecule has 0 aliphatic heterocycles. The van der Waals surface area contributed by atoms with E-state index >= 15 is 0 Å². The van der Waals surface area contributed by atoms with Crippen molar-refractivity contribution in [1.82, 2.24) is 0 Å². The Hall–Kier alpha value is -0.0761. The zero-order valence-electron chi connectivity index (χ0n) is 16.2. The Morgan fingerprint density at radius 2 is 0.909 bits per heavy atom. The summed E-state index contributed by atoms with van der Waals surface area (Å²) in [6.07, 6.45) is 8.00. The third kappa shape index (κ3) is 294. The van der Waals surface area contributed by atoms with Crippen LogP contribution < -0.4 is 0 Å². The number of hydrogen-bond donors (Lipinski definition) is 0. The summed E-state index contributed by atoms with van der Waals surface area (Å²) in [7, 11) is 0. The summed E-state index contributed by atoms with van der Waals surface area (Å²) in [6.45, 7) is 17.2. The van der Waals surface area contributed by atoms with E-state index in [-0.39, 0.29) is 32.7 Å². The molecule has 0 aliphatic rings. The van der Waals surface area contributed by atoms with Gasteiger partial charge in [-0.1, -0.05) is 0 Å². The van der Waals surface area contributed by atoms with Gasteiger partial charge in [0.2, 0.25) is 0 Å². The second kappa shape index (κ2) is 58.4. The van der Waals surface area contributed by atoms with Crippen molar-refractivity contribution in [3.63, 3.8) is 0 Å². The molecule has 0 saturated carbocycles. The molecule has 1 N–H and O–H groups in total. The van der Waals surface area contributed by atoms with E-state index in [9.17, 15) is 0 Å². The standard InChI is InChI=1S/C5H5.4C3H7.C2H5NO.Y/c1-2-4-5-3-1;4*1-3-2;1-2(3)4;/h1-5H;4*3H,1-2H3;1H3,(H2,3,4);/q5*-1;;/p-1. The summed E-state index contributed by atoms with van der Waals surface area (Å²) in [5.74, 6) is -0.583. The molecular weight excluding hydrogens is 347 g/mol. The fourth-order valence-corrected chi connectivity index (χ4v) is 0.321. The summed E-state index contributed by atoms with van der Waals surface area (Å²) in [5, 5.41) is 0. The van der Waals surface area contributed by atoms with E-state index in [2.05, 4.69) is 0 Å². The Morgan fingerprint density at radius 1 is 0.773 bits per heavy atom. The van der Waals surface area contributed by atoms with Gasteiger partial charge in [-0.15, -0.1) is 0 Å². The molecule has 0 spiro atoms. The largest absolute Gasteiger partial charge is 0.668 e. The van der Waals surface area contributed by atoms with Gasteiger partial charge in [-0.05, 0) is 6.92 Å². The van der Waals surface area contributed by atoms with Crippen LogP contribution in [0.5, 0.6) is 0 Å². The number of carbonyl (C=O) groups excluding carboxylic acids is 1. The first-order chi connectivity index (χ1) is 9.89. The monoisotopic (exact) mass is 384 g/mol. The van der Waals surface area contributed by atoms with Crippen LogP contribution in [0.2, 0.25) is 0 Å². The topological polar surface area (TPSA) is 40.9 Å². The molecule has 0 saturated heterocycles. The summed E-state index contributed by atoms with van der Waals surface area (Å²) >= 11 is 0. The SMILES string of the molecule is CC([NH-])=O.C[CH-]C.C[CH-]C.C[CH-]C.C[CH-]C.[Y].c1cc[cH-]c1. The second-order valence-electron chi connectivity index (χ2n) is 3.83. The van der Waals surface area contributed by atoms with Crippen molar-refractivity contribution in [1.29, 1.82) is 0 Å². The fraction of sp³-hybridized carbons (Fsp3) is 0.474. The summed E-state index contributed by atoms with van der Waals surface area (Å²) in [6, 6.07) is 10.0. The van der Waals surface area contributed by atoms with Crippen molar-refractivity contribution in [2.45, 2.75) is 62.3 Å². The minimum atomic E-state index is -0.583. The molecule has 2 nitrogen and oxygen atoms in total. The first-order valence-corrected chi connectivity index (χ1v) is 7.24. The maximum atomic E-state index is 9.11. The Morgan fingerprint density at radius 3 is 0.955 bits per heavy atom. The first kappa shape index (κ1) is 37.9. The van der Waals surface area contributed by atoms with E-state index < -0.39 is 5.91 Å². The molecule has 0 aromatic heterocycles. The fourth-order valence-electron chi connectivity index (χ4n) is 0.321. The van der Waals surface area contributed by atoms with Gasteiger partial charge in [0.05, 0.1) is 0 Å². The van der Waals surface area contributed by atoms with E-state index in [1.54, 1.807) is 0 Å². The Kier molecular flexibility index (Phi) is 101. The van der Waals surface area contributed by atoms with Gasteiger partial charge in [0.15, 0.2) is 0 Å². The van der Waals surface area contributed by atoms with E-state index in [1.807, 2.05) is 111 Å². The minimum absolute atomic E-state index is 0. The molecule has 0 atom stereocenters. The molecule has 0 unspecified atom stereocenters. The van der Waals surface area contributed by atoms with Crippen molar-refractivity contribution >= 4 is 5.91 Å². The Bertz CT molecular complexity index is 170. The zero-order chi connectivity index (χ0) is 17.9. The number of amides is 1. The van der Waals surface area contributed by atoms with E-state index in [4.69, 9.17) is 10.5 Å². The molecule has 22 heavy (non-hydrogen) atoms. The maximum Gasteiger partial charge on any atom is 0.0456 e. The van der Waals surface area contributed by atoms with E-state index in [0.29, 0.717) is 0 Å². The molecule has 1 rings (SSSR count). The normalized spacial score (nSPS) is 6.23. The van der Waals surface area contributed by atoms with Crippen LogP contribution in [0, 0.1) is 25.7 Å². The van der Waals surface area contributed by atoms with Crippen LogP contribution >= 0.6 is 0 Å². The molecular formula is C19H37NOY-6. The van der Waals surface area contributed by atoms with Crippen LogP contribution in [-0.4, -0.2) is 5.91 Å². The van der Waals surface area contributed by atoms with Crippen LogP contribution in [0.4, 0.5) is 0 Å². The van der Waals surface area contributed by atoms with Gasteiger partial charge in [0.1, 0.15) is 0 Å². The van der Waals surface area contributed by atoms with E-state index in [0.717, 1.165) is 0 Å². The van der Waals surface area contributed by atoms with Crippen LogP contribution in [0.15, 0.2) is 30.3 Å². The first-order valence-electron chi connectivity index (χ1n) is 7.24. The number of nitrogens with one attached hydrogen (secondary N) is 1. The molecule has 0 aliphatic carbocycles. The van der Waals surface area contributed by atoms with Crippen molar-refractivity contribution in [2.24, 2.45) is 0 Å². The van der Waals surface area contributed by atoms with Crippen molar-refractivity contribution in [2.75, 3.05) is 0 Å². The number of hydrogen-bond acceptors (Lipinski definition) is 1. The molecule has 0 fully saturated rings. The van der Waals surface area contributed by atoms with Crippen molar-refractivity contribution in [3.05, 3.63) is 61.7 Å². The molecule has 133 valence electrons. The van der Waals surface area contributed by atoms with Gasteiger partial charge < -0.3 is 36.2 Å². The zero-order valence-corrected chi connectivity index (χ0v) is 19.0. The predicted molar refractivity (Wildman–Crippen MR) is 99.6 cm³/mol. The summed E-state index contributed by atoms with van der Waals surface area (Å²) in [4.78, 5) is 9.11. The second-order valence-corrected chi connectivity index (χ2v) is 3.83. The van der Waals surface area contributed by atoms with Gasteiger partial charge in [0.25, 0.3) is 0 Å². The minimum Gasteiger partial charge on any atom is -0.668 e. The Labute approximate surface area is 166 Å². The van der Waals surface area contributed by atoms with Gasteiger partial charge in [0, 0.05) is 38.6 Å². The third-order valence-corrected chi connectivity index (χ3v) is 0.556. The van der Waals surface area contributed by atoms with Crippen LogP contribution in [0.1, 0.15) is 62.3 Å². The molecule has 0 heterocycles. The third-order valence-electron chi connectivity index (χ3n) is 0.556. The average Bonchev–Trinajstić information content (AvgIpc) is 2.89. The van der Waals surface area contributed by atoms with Gasteiger partial charge in [-0.2, -0.15) is 73.6 Å². The van der Waals surface area contributed by atoms with Crippen LogP contribution in [-0.2, 0) is 37.5 Å². The average molecular weight is 384 g/mol. The van der Waals surface area contributed by atoms with Gasteiger partial charge in [-0.3, -0.25) is 0 Å². The Balaban J connectivity index is -0.0000000353. The number of carbonyl (C=O) groups is 1. The number of rotatable bonds is 0. The summed E-state index contributed by atoms with van der Waals surface area (Å²) in [5.41, 5.74) is 5.94. The molecule has 1 radical (unpaired) electrons. The van der Waals surface area contributed by atoms with Gasteiger partial charge in [-0.25, -0.2) is 12.1 Å². The predicted octanol–water partition coefficient (Wildman–Crippen LogP) is 6.91. The van der Waals surface area contributed by atoms with Crippen molar-refractivity contribution < 1.29 is 37.5 Å². The molecule has 1 amide bonds. The molecule has 1 aromatic rings. The summed E-state index contributed by atoms with van der Waals surface area (Å²) < 4.78 is 0.